The molecule has 0 saturated carbocycles. The summed E-state index contributed by atoms with van der Waals surface area (Å²) in [6.07, 6.45) is 4.86. The van der Waals surface area contributed by atoms with E-state index in [1.54, 1.807) is 19.5 Å². The van der Waals surface area contributed by atoms with Crippen molar-refractivity contribution in [3.8, 4) is 5.88 Å². The maximum atomic E-state index is 11.0. The molecule has 0 aliphatic carbocycles. The van der Waals surface area contributed by atoms with Gasteiger partial charge in [0.15, 0.2) is 0 Å². The maximum Gasteiger partial charge on any atom is 0.307 e. The summed E-state index contributed by atoms with van der Waals surface area (Å²) in [6, 6.07) is 0. The maximum absolute atomic E-state index is 11.0. The summed E-state index contributed by atoms with van der Waals surface area (Å²) >= 11 is 0. The first-order chi connectivity index (χ1) is 8.70. The third-order valence-electron chi connectivity index (χ3n) is 3.16. The second kappa shape index (κ2) is 5.77. The molecule has 1 aliphatic rings. The van der Waals surface area contributed by atoms with Crippen molar-refractivity contribution in [2.75, 3.05) is 20.2 Å². The molecule has 1 N–H and O–H groups in total. The van der Waals surface area contributed by atoms with Crippen LogP contribution in [0.25, 0.3) is 0 Å². The Balaban J connectivity index is 2.02. The fourth-order valence-electron chi connectivity index (χ4n) is 2.25. The highest BCUT2D eigenvalue weighted by Gasteiger charge is 2.26. The minimum Gasteiger partial charge on any atom is -0.481 e. The van der Waals surface area contributed by atoms with Crippen LogP contribution in [0.1, 0.15) is 18.5 Å². The Hall–Kier alpha value is -1.69. The van der Waals surface area contributed by atoms with Crippen LogP contribution in [0.2, 0.25) is 0 Å². The second-order valence-corrected chi connectivity index (χ2v) is 4.42. The molecule has 0 radical (unpaired) electrons. The number of nitrogens with zero attached hydrogens (tertiary/aromatic N) is 3. The van der Waals surface area contributed by atoms with Crippen LogP contribution in [0.15, 0.2) is 12.4 Å². The van der Waals surface area contributed by atoms with E-state index in [9.17, 15) is 4.79 Å². The molecular formula is C12H17N3O3. The van der Waals surface area contributed by atoms with Gasteiger partial charge in [0.05, 0.1) is 13.0 Å². The van der Waals surface area contributed by atoms with E-state index in [0.29, 0.717) is 19.0 Å². The lowest BCUT2D eigenvalue weighted by Gasteiger charge is -2.30. The normalized spacial score (nSPS) is 20.6. The van der Waals surface area contributed by atoms with Gasteiger partial charge >= 0.3 is 5.97 Å². The van der Waals surface area contributed by atoms with Crippen LogP contribution >= 0.6 is 0 Å². The van der Waals surface area contributed by atoms with E-state index in [0.717, 1.165) is 25.1 Å². The van der Waals surface area contributed by atoms with Gasteiger partial charge < -0.3 is 9.84 Å². The van der Waals surface area contributed by atoms with E-state index >= 15 is 0 Å². The van der Waals surface area contributed by atoms with Gasteiger partial charge in [-0.15, -0.1) is 0 Å². The highest BCUT2D eigenvalue weighted by molar-refractivity contribution is 5.70. The molecule has 0 bridgehead atoms. The number of hydrogen-bond acceptors (Lipinski definition) is 5. The monoisotopic (exact) mass is 251 g/mol. The summed E-state index contributed by atoms with van der Waals surface area (Å²) < 4.78 is 5.14. The SMILES string of the molecule is COc1nccnc1CN1CCC[C@@H](C(=O)O)C1. The molecule has 1 fully saturated rings. The molecule has 0 aromatic carbocycles. The summed E-state index contributed by atoms with van der Waals surface area (Å²) in [6.45, 7) is 2.04. The van der Waals surface area contributed by atoms with Crippen molar-refractivity contribution in [1.29, 1.82) is 0 Å². The molecule has 98 valence electrons. The first kappa shape index (κ1) is 12.8. The number of carbonyl (C=O) groups is 1. The van der Waals surface area contributed by atoms with Crippen molar-refractivity contribution in [3.05, 3.63) is 18.1 Å². The van der Waals surface area contributed by atoms with Gasteiger partial charge in [-0.3, -0.25) is 14.7 Å². The average Bonchev–Trinajstić information content (AvgIpc) is 2.39. The Morgan fingerprint density at radius 1 is 1.56 bits per heavy atom. The topological polar surface area (TPSA) is 75.6 Å². The Labute approximate surface area is 106 Å². The fraction of sp³-hybridized carbons (Fsp3) is 0.583. The minimum atomic E-state index is -0.717. The molecule has 0 spiro atoms. The first-order valence-electron chi connectivity index (χ1n) is 5.99. The van der Waals surface area contributed by atoms with Crippen molar-refractivity contribution in [2.45, 2.75) is 19.4 Å². The molecule has 1 atom stereocenters. The van der Waals surface area contributed by atoms with Crippen molar-refractivity contribution in [2.24, 2.45) is 5.92 Å². The van der Waals surface area contributed by atoms with Gasteiger partial charge in [-0.1, -0.05) is 0 Å². The number of ether oxygens (including phenoxy) is 1. The lowest BCUT2D eigenvalue weighted by molar-refractivity contribution is -0.143. The van der Waals surface area contributed by atoms with Crippen LogP contribution in [0.3, 0.4) is 0 Å². The molecular weight excluding hydrogens is 234 g/mol. The minimum absolute atomic E-state index is 0.276. The van der Waals surface area contributed by atoms with Gasteiger partial charge in [0.1, 0.15) is 5.69 Å². The number of hydrogen-bond donors (Lipinski definition) is 1. The quantitative estimate of drug-likeness (QED) is 0.852. The molecule has 1 aliphatic heterocycles. The third-order valence-corrected chi connectivity index (χ3v) is 3.16. The summed E-state index contributed by atoms with van der Waals surface area (Å²) in [5, 5.41) is 9.04. The van der Waals surface area contributed by atoms with Crippen LogP contribution in [0, 0.1) is 5.92 Å². The zero-order chi connectivity index (χ0) is 13.0. The van der Waals surface area contributed by atoms with E-state index < -0.39 is 5.97 Å². The van der Waals surface area contributed by atoms with Crippen molar-refractivity contribution in [1.82, 2.24) is 14.9 Å². The lowest BCUT2D eigenvalue weighted by Crippen LogP contribution is -2.38. The molecule has 0 unspecified atom stereocenters. The number of piperidine rings is 1. The van der Waals surface area contributed by atoms with Crippen molar-refractivity contribution < 1.29 is 14.6 Å². The van der Waals surface area contributed by atoms with Gasteiger partial charge in [-0.25, -0.2) is 4.98 Å². The van der Waals surface area contributed by atoms with E-state index in [1.165, 1.54) is 0 Å². The number of carboxylic acids is 1. The molecule has 6 nitrogen and oxygen atoms in total. The van der Waals surface area contributed by atoms with E-state index in [1.807, 2.05) is 0 Å². The summed E-state index contributed by atoms with van der Waals surface area (Å²) in [5.74, 6) is -0.484. The lowest BCUT2D eigenvalue weighted by atomic mass is 9.98. The van der Waals surface area contributed by atoms with Gasteiger partial charge in [-0.05, 0) is 19.4 Å². The zero-order valence-electron chi connectivity index (χ0n) is 10.4. The molecule has 1 saturated heterocycles. The number of carboxylic acid groups (broad SMARTS) is 1. The van der Waals surface area contributed by atoms with Crippen LogP contribution in [-0.4, -0.2) is 46.1 Å². The number of rotatable bonds is 4. The van der Waals surface area contributed by atoms with E-state index in [-0.39, 0.29) is 5.92 Å². The van der Waals surface area contributed by atoms with E-state index in [4.69, 9.17) is 9.84 Å². The summed E-state index contributed by atoms with van der Waals surface area (Å²) in [7, 11) is 1.56. The number of likely N-dealkylation sites (tertiary alicyclic amines) is 1. The Morgan fingerprint density at radius 3 is 3.06 bits per heavy atom. The van der Waals surface area contributed by atoms with Gasteiger partial charge in [-0.2, -0.15) is 0 Å². The molecule has 2 heterocycles. The number of aromatic nitrogens is 2. The van der Waals surface area contributed by atoms with Gasteiger partial charge in [0, 0.05) is 25.5 Å². The highest BCUT2D eigenvalue weighted by atomic mass is 16.5. The molecule has 6 heteroatoms. The Kier molecular flexibility index (Phi) is 4.09. The standard InChI is InChI=1S/C12H17N3O3/c1-18-11-10(13-4-5-14-11)8-15-6-2-3-9(7-15)12(16)17/h4-5,9H,2-3,6-8H2,1H3,(H,16,17)/t9-/m1/s1. The fourth-order valence-corrected chi connectivity index (χ4v) is 2.25. The third kappa shape index (κ3) is 2.95. The van der Waals surface area contributed by atoms with Crippen LogP contribution in [0.5, 0.6) is 5.88 Å². The van der Waals surface area contributed by atoms with Crippen LogP contribution in [-0.2, 0) is 11.3 Å². The molecule has 1 aromatic heterocycles. The molecule has 2 rings (SSSR count). The first-order valence-corrected chi connectivity index (χ1v) is 5.99. The predicted octanol–water partition coefficient (Wildman–Crippen LogP) is 0.782. The average molecular weight is 251 g/mol. The highest BCUT2D eigenvalue weighted by Crippen LogP contribution is 2.20. The number of methoxy groups -OCH3 is 1. The Bertz CT molecular complexity index is 425. The smallest absolute Gasteiger partial charge is 0.307 e. The van der Waals surface area contributed by atoms with Crippen LogP contribution < -0.4 is 4.74 Å². The molecule has 18 heavy (non-hydrogen) atoms. The molecule has 1 aromatic rings. The van der Waals surface area contributed by atoms with Crippen LogP contribution in [0.4, 0.5) is 0 Å². The van der Waals surface area contributed by atoms with Gasteiger partial charge in [0.25, 0.3) is 0 Å². The van der Waals surface area contributed by atoms with Crippen molar-refractivity contribution in [3.63, 3.8) is 0 Å². The largest absolute Gasteiger partial charge is 0.481 e. The van der Waals surface area contributed by atoms with Gasteiger partial charge in [0.2, 0.25) is 5.88 Å². The second-order valence-electron chi connectivity index (χ2n) is 4.42. The molecule has 0 amide bonds. The summed E-state index contributed by atoms with van der Waals surface area (Å²) in [5.41, 5.74) is 0.756. The van der Waals surface area contributed by atoms with E-state index in [2.05, 4.69) is 14.9 Å². The zero-order valence-corrected chi connectivity index (χ0v) is 10.4. The predicted molar refractivity (Wildman–Crippen MR) is 64.2 cm³/mol. The Morgan fingerprint density at radius 2 is 2.33 bits per heavy atom. The number of aliphatic carboxylic acids is 1. The summed E-state index contributed by atoms with van der Waals surface area (Å²) in [4.78, 5) is 21.4. The van der Waals surface area contributed by atoms with Crippen molar-refractivity contribution >= 4 is 5.97 Å².